The third kappa shape index (κ3) is 3.21. The molecule has 2 aromatic rings. The number of halogens is 3. The molecule has 21 heavy (non-hydrogen) atoms. The van der Waals surface area contributed by atoms with Gasteiger partial charge in [0.15, 0.2) is 11.5 Å². The molecule has 0 saturated carbocycles. The maximum absolute atomic E-state index is 12.5. The van der Waals surface area contributed by atoms with E-state index in [-0.39, 0.29) is 18.1 Å². The molecule has 0 spiro atoms. The molecule has 0 atom stereocenters. The van der Waals surface area contributed by atoms with Gasteiger partial charge in [-0.3, -0.25) is 0 Å². The van der Waals surface area contributed by atoms with Crippen LogP contribution in [0.1, 0.15) is 28.7 Å². The predicted octanol–water partition coefficient (Wildman–Crippen LogP) is 2.77. The molecule has 2 heterocycles. The zero-order valence-corrected chi connectivity index (χ0v) is 11.3. The van der Waals surface area contributed by atoms with Gasteiger partial charge >= 0.3 is 12.1 Å². The summed E-state index contributed by atoms with van der Waals surface area (Å²) in [5.74, 6) is -0.501. The molecule has 0 saturated heterocycles. The van der Waals surface area contributed by atoms with Gasteiger partial charge in [-0.15, -0.1) is 0 Å². The monoisotopic (exact) mass is 299 g/mol. The number of esters is 1. The van der Waals surface area contributed by atoms with Crippen molar-refractivity contribution < 1.29 is 22.7 Å². The van der Waals surface area contributed by atoms with E-state index < -0.39 is 17.7 Å². The summed E-state index contributed by atoms with van der Waals surface area (Å²) in [6.45, 7) is 3.49. The maximum atomic E-state index is 12.5. The average molecular weight is 299 g/mol. The summed E-state index contributed by atoms with van der Waals surface area (Å²) in [5, 5.41) is 4.05. The van der Waals surface area contributed by atoms with Gasteiger partial charge < -0.3 is 4.74 Å². The molecule has 0 bridgehead atoms. The molecule has 0 unspecified atom stereocenters. The maximum Gasteiger partial charge on any atom is 0.417 e. The summed E-state index contributed by atoms with van der Waals surface area (Å²) < 4.78 is 43.5. The lowest BCUT2D eigenvalue weighted by Crippen LogP contribution is -2.13. The van der Waals surface area contributed by atoms with E-state index >= 15 is 0 Å². The largest absolute Gasteiger partial charge is 0.461 e. The number of nitrogens with zero attached hydrogens (tertiary/aromatic N) is 3. The first kappa shape index (κ1) is 15.0. The molecule has 0 aliphatic carbocycles. The number of hydrogen-bond acceptors (Lipinski definition) is 4. The summed E-state index contributed by atoms with van der Waals surface area (Å²) in [4.78, 5) is 15.5. The van der Waals surface area contributed by atoms with Crippen LogP contribution in [0.15, 0.2) is 24.4 Å². The fourth-order valence-electron chi connectivity index (χ4n) is 1.70. The number of pyridine rings is 1. The van der Waals surface area contributed by atoms with Crippen molar-refractivity contribution in [3.63, 3.8) is 0 Å². The third-order valence-corrected chi connectivity index (χ3v) is 2.61. The van der Waals surface area contributed by atoms with Crippen LogP contribution in [0.5, 0.6) is 0 Å². The molecular weight excluding hydrogens is 287 g/mol. The Labute approximate surface area is 118 Å². The molecule has 0 aromatic carbocycles. The first-order chi connectivity index (χ1) is 9.82. The first-order valence-corrected chi connectivity index (χ1v) is 6.10. The second kappa shape index (κ2) is 5.55. The second-order valence-corrected chi connectivity index (χ2v) is 4.21. The van der Waals surface area contributed by atoms with E-state index in [9.17, 15) is 18.0 Å². The highest BCUT2D eigenvalue weighted by atomic mass is 19.4. The minimum absolute atomic E-state index is 0.110. The Morgan fingerprint density at radius 1 is 1.38 bits per heavy atom. The summed E-state index contributed by atoms with van der Waals surface area (Å²) in [7, 11) is 0. The normalized spacial score (nSPS) is 11.5. The van der Waals surface area contributed by atoms with Crippen molar-refractivity contribution in [1.82, 2.24) is 14.8 Å². The highest BCUT2D eigenvalue weighted by Crippen LogP contribution is 2.28. The van der Waals surface area contributed by atoms with Crippen LogP contribution in [0.25, 0.3) is 5.82 Å². The van der Waals surface area contributed by atoms with Gasteiger partial charge in [0.2, 0.25) is 0 Å². The van der Waals surface area contributed by atoms with Gasteiger partial charge in [-0.1, -0.05) is 0 Å². The molecule has 2 aromatic heterocycles. The van der Waals surface area contributed by atoms with Crippen molar-refractivity contribution in [3.05, 3.63) is 41.3 Å². The lowest BCUT2D eigenvalue weighted by atomic mass is 10.3. The van der Waals surface area contributed by atoms with Gasteiger partial charge in [0.05, 0.1) is 17.9 Å². The van der Waals surface area contributed by atoms with Crippen LogP contribution < -0.4 is 0 Å². The topological polar surface area (TPSA) is 57.0 Å². The zero-order chi connectivity index (χ0) is 15.6. The fourth-order valence-corrected chi connectivity index (χ4v) is 1.70. The predicted molar refractivity (Wildman–Crippen MR) is 67.1 cm³/mol. The minimum atomic E-state index is -4.46. The van der Waals surface area contributed by atoms with E-state index in [1.807, 2.05) is 0 Å². The fraction of sp³-hybridized carbons (Fsp3) is 0.308. The van der Waals surface area contributed by atoms with E-state index in [1.165, 1.54) is 6.07 Å². The van der Waals surface area contributed by atoms with E-state index in [4.69, 9.17) is 4.74 Å². The number of carbonyl (C=O) groups is 1. The molecule has 0 fully saturated rings. The molecule has 0 N–H and O–H groups in total. The number of aromatic nitrogens is 3. The molecule has 8 heteroatoms. The Morgan fingerprint density at radius 2 is 2.10 bits per heavy atom. The highest BCUT2D eigenvalue weighted by molar-refractivity contribution is 5.88. The summed E-state index contributed by atoms with van der Waals surface area (Å²) in [6.07, 6.45) is -3.77. The van der Waals surface area contributed by atoms with Crippen LogP contribution in [0, 0.1) is 6.92 Å². The lowest BCUT2D eigenvalue weighted by Gasteiger charge is -2.08. The van der Waals surface area contributed by atoms with Gasteiger partial charge in [-0.25, -0.2) is 14.5 Å². The van der Waals surface area contributed by atoms with Crippen LogP contribution in [0.3, 0.4) is 0 Å². The van der Waals surface area contributed by atoms with Crippen LogP contribution in [-0.2, 0) is 10.9 Å². The van der Waals surface area contributed by atoms with E-state index in [0.717, 1.165) is 16.8 Å². The molecule has 0 amide bonds. The summed E-state index contributed by atoms with van der Waals surface area (Å²) in [5.41, 5.74) is -0.228. The first-order valence-electron chi connectivity index (χ1n) is 6.10. The number of rotatable bonds is 3. The number of aryl methyl sites for hydroxylation is 1. The van der Waals surface area contributed by atoms with Crippen molar-refractivity contribution in [2.24, 2.45) is 0 Å². The average Bonchev–Trinajstić information content (AvgIpc) is 2.80. The third-order valence-electron chi connectivity index (χ3n) is 2.61. The van der Waals surface area contributed by atoms with Crippen LogP contribution >= 0.6 is 0 Å². The zero-order valence-electron chi connectivity index (χ0n) is 11.3. The van der Waals surface area contributed by atoms with Crippen molar-refractivity contribution in [1.29, 1.82) is 0 Å². The van der Waals surface area contributed by atoms with Gasteiger partial charge in [-0.2, -0.15) is 18.3 Å². The number of ether oxygens (including phenoxy) is 1. The Hall–Kier alpha value is -2.38. The molecule has 0 aliphatic heterocycles. The second-order valence-electron chi connectivity index (χ2n) is 4.21. The molecule has 0 radical (unpaired) electrons. The Kier molecular flexibility index (Phi) is 3.97. The smallest absolute Gasteiger partial charge is 0.417 e. The van der Waals surface area contributed by atoms with Gasteiger partial charge in [0.25, 0.3) is 0 Å². The summed E-state index contributed by atoms with van der Waals surface area (Å²) >= 11 is 0. The van der Waals surface area contributed by atoms with E-state index in [0.29, 0.717) is 11.9 Å². The van der Waals surface area contributed by atoms with E-state index in [1.54, 1.807) is 13.8 Å². The number of hydrogen-bond donors (Lipinski definition) is 0. The van der Waals surface area contributed by atoms with Crippen molar-refractivity contribution >= 4 is 5.97 Å². The van der Waals surface area contributed by atoms with Crippen molar-refractivity contribution in [3.8, 4) is 5.82 Å². The standard InChI is InChI=1S/C13H12F3N3O2/c1-3-21-12(20)10-6-8(2)18-19(10)11-5-4-9(7-17-11)13(14,15)16/h4-7H,3H2,1-2H3. The number of alkyl halides is 3. The number of carbonyl (C=O) groups excluding carboxylic acids is 1. The van der Waals surface area contributed by atoms with Crippen LogP contribution in [0.4, 0.5) is 13.2 Å². The quantitative estimate of drug-likeness (QED) is 0.818. The molecule has 0 aliphatic rings. The van der Waals surface area contributed by atoms with Gasteiger partial charge in [0.1, 0.15) is 0 Å². The summed E-state index contributed by atoms with van der Waals surface area (Å²) in [6, 6.07) is 3.52. The SMILES string of the molecule is CCOC(=O)c1cc(C)nn1-c1ccc(C(F)(F)F)cn1. The van der Waals surface area contributed by atoms with Gasteiger partial charge in [0, 0.05) is 6.20 Å². The van der Waals surface area contributed by atoms with Crippen LogP contribution in [-0.4, -0.2) is 27.3 Å². The Morgan fingerprint density at radius 3 is 2.62 bits per heavy atom. The van der Waals surface area contributed by atoms with Crippen molar-refractivity contribution in [2.45, 2.75) is 20.0 Å². The molecule has 112 valence electrons. The van der Waals surface area contributed by atoms with Crippen LogP contribution in [0.2, 0.25) is 0 Å². The van der Waals surface area contributed by atoms with E-state index in [2.05, 4.69) is 10.1 Å². The van der Waals surface area contributed by atoms with Gasteiger partial charge in [-0.05, 0) is 32.0 Å². The molecule has 2 rings (SSSR count). The Bertz CT molecular complexity index is 648. The molecule has 5 nitrogen and oxygen atoms in total. The van der Waals surface area contributed by atoms with Crippen molar-refractivity contribution in [2.75, 3.05) is 6.61 Å². The molecular formula is C13H12F3N3O2. The highest BCUT2D eigenvalue weighted by Gasteiger charge is 2.31. The Balaban J connectivity index is 2.40. The minimum Gasteiger partial charge on any atom is -0.461 e. The lowest BCUT2D eigenvalue weighted by molar-refractivity contribution is -0.137.